The van der Waals surface area contributed by atoms with Crippen LogP contribution in [0.15, 0.2) is 48.5 Å². The first-order chi connectivity index (χ1) is 19.5. The molecule has 1 atom stereocenters. The van der Waals surface area contributed by atoms with Gasteiger partial charge in [-0.05, 0) is 42.8 Å². The van der Waals surface area contributed by atoms with Gasteiger partial charge in [0.05, 0.1) is 6.54 Å². The molecular formula is C26H31N9O6. The molecule has 1 aliphatic rings. The molecule has 1 saturated heterocycles. The normalized spacial score (nSPS) is 14.6. The topological polar surface area (TPSA) is 248 Å². The van der Waals surface area contributed by atoms with Crippen LogP contribution in [-0.2, 0) is 14.4 Å². The zero-order chi connectivity index (χ0) is 30.1. The Morgan fingerprint density at radius 2 is 1.44 bits per heavy atom. The minimum atomic E-state index is -1.20. The van der Waals surface area contributed by atoms with Gasteiger partial charge in [0.1, 0.15) is 18.4 Å². The molecule has 1 fully saturated rings. The first-order valence-corrected chi connectivity index (χ1v) is 12.5. The summed E-state index contributed by atoms with van der Waals surface area (Å²) in [6.45, 7) is -0.895. The zero-order valence-corrected chi connectivity index (χ0v) is 22.0. The lowest BCUT2D eigenvalue weighted by molar-refractivity contribution is -0.155. The average molecular weight is 566 g/mol. The third-order valence-corrected chi connectivity index (χ3v) is 6.22. The fourth-order valence-electron chi connectivity index (χ4n) is 4.18. The molecule has 1 heterocycles. The average Bonchev–Trinajstić information content (AvgIpc) is 2.93. The summed E-state index contributed by atoms with van der Waals surface area (Å²) in [5.41, 5.74) is 12.2. The lowest BCUT2D eigenvalue weighted by Crippen LogP contribution is -2.61. The van der Waals surface area contributed by atoms with Crippen LogP contribution in [0.5, 0.6) is 0 Å². The van der Waals surface area contributed by atoms with Gasteiger partial charge in [-0.15, -0.1) is 0 Å². The molecule has 0 bridgehead atoms. The van der Waals surface area contributed by atoms with E-state index in [-0.39, 0.29) is 43.4 Å². The van der Waals surface area contributed by atoms with Crippen LogP contribution in [0.25, 0.3) is 0 Å². The predicted octanol–water partition coefficient (Wildman–Crippen LogP) is -1.05. The number of piperazine rings is 1. The minimum Gasteiger partial charge on any atom is -0.480 e. The number of nitrogen functional groups attached to an aromatic ring is 1. The maximum absolute atomic E-state index is 13.1. The summed E-state index contributed by atoms with van der Waals surface area (Å²) in [6, 6.07) is 11.1. The molecule has 0 saturated carbocycles. The van der Waals surface area contributed by atoms with Gasteiger partial charge in [-0.2, -0.15) is 0 Å². The summed E-state index contributed by atoms with van der Waals surface area (Å²) in [7, 11) is 0. The number of carboxylic acid groups (broad SMARTS) is 1. The van der Waals surface area contributed by atoms with Crippen molar-refractivity contribution in [2.45, 2.75) is 12.5 Å². The van der Waals surface area contributed by atoms with E-state index in [9.17, 15) is 24.0 Å². The number of aliphatic carboxylic acids is 1. The van der Waals surface area contributed by atoms with Gasteiger partial charge < -0.3 is 42.3 Å². The number of guanidine groups is 1. The molecule has 4 amide bonds. The standard InChI is InChI=1S/C26H31N9O6/c27-22(28)15-1-3-16(4-2-15)24(40)32-13-20(36)35-12-11-34(14-21(37)38)25(41)19(35)9-10-31-23(39)17-5-7-18(8-6-17)33-26(29)30/h1-8,19H,9-14H2,(H3,27,28)(H,31,39)(H,32,40)(H,37,38)(H4,29,30,33)/t19-/m0/s1. The van der Waals surface area contributed by atoms with Crippen molar-refractivity contribution in [2.24, 2.45) is 11.5 Å². The first kappa shape index (κ1) is 30.1. The van der Waals surface area contributed by atoms with Crippen molar-refractivity contribution in [3.63, 3.8) is 0 Å². The molecule has 0 aromatic heterocycles. The van der Waals surface area contributed by atoms with E-state index in [1.807, 2.05) is 0 Å². The molecule has 15 heteroatoms. The van der Waals surface area contributed by atoms with Gasteiger partial charge in [-0.25, -0.2) is 0 Å². The minimum absolute atomic E-state index is 0.000828. The van der Waals surface area contributed by atoms with Crippen LogP contribution < -0.4 is 27.4 Å². The molecule has 41 heavy (non-hydrogen) atoms. The summed E-state index contributed by atoms with van der Waals surface area (Å²) < 4.78 is 0. The van der Waals surface area contributed by atoms with E-state index in [2.05, 4.69) is 16.0 Å². The highest BCUT2D eigenvalue weighted by Crippen LogP contribution is 2.16. The fourth-order valence-corrected chi connectivity index (χ4v) is 4.18. The number of nitrogens with one attached hydrogen (secondary N) is 5. The molecule has 0 spiro atoms. The Kier molecular flexibility index (Phi) is 9.94. The molecule has 0 radical (unpaired) electrons. The Labute approximate surface area is 234 Å². The number of rotatable bonds is 11. The van der Waals surface area contributed by atoms with Crippen molar-refractivity contribution < 1.29 is 29.1 Å². The number of hydrogen-bond donors (Lipinski definition) is 8. The highest BCUT2D eigenvalue weighted by atomic mass is 16.4. The number of benzene rings is 2. The molecule has 0 unspecified atom stereocenters. The van der Waals surface area contributed by atoms with Gasteiger partial charge in [0, 0.05) is 42.0 Å². The Morgan fingerprint density at radius 1 is 0.878 bits per heavy atom. The molecule has 2 aromatic carbocycles. The number of carbonyl (C=O) groups is 5. The molecule has 3 rings (SSSR count). The van der Waals surface area contributed by atoms with E-state index in [4.69, 9.17) is 27.4 Å². The zero-order valence-electron chi connectivity index (χ0n) is 22.0. The van der Waals surface area contributed by atoms with Crippen LogP contribution in [0.4, 0.5) is 5.69 Å². The second-order valence-corrected chi connectivity index (χ2v) is 9.09. The predicted molar refractivity (Wildman–Crippen MR) is 148 cm³/mol. The lowest BCUT2D eigenvalue weighted by Gasteiger charge is -2.40. The molecular weight excluding hydrogens is 534 g/mol. The number of amides is 4. The van der Waals surface area contributed by atoms with Crippen molar-refractivity contribution in [3.8, 4) is 0 Å². The van der Waals surface area contributed by atoms with Crippen LogP contribution in [-0.4, -0.2) is 95.1 Å². The van der Waals surface area contributed by atoms with E-state index in [1.54, 1.807) is 12.1 Å². The number of anilines is 1. The van der Waals surface area contributed by atoms with Gasteiger partial charge in [-0.1, -0.05) is 12.1 Å². The molecule has 0 aliphatic carbocycles. The number of carboxylic acids is 1. The summed E-state index contributed by atoms with van der Waals surface area (Å²) in [4.78, 5) is 64.9. The number of carbonyl (C=O) groups excluding carboxylic acids is 4. The Balaban J connectivity index is 1.62. The fraction of sp³-hybridized carbons (Fsp3) is 0.269. The maximum atomic E-state index is 13.1. The highest BCUT2D eigenvalue weighted by Gasteiger charge is 2.37. The number of nitrogens with zero attached hydrogens (tertiary/aromatic N) is 2. The van der Waals surface area contributed by atoms with Crippen LogP contribution in [0, 0.1) is 10.8 Å². The van der Waals surface area contributed by atoms with E-state index in [0.29, 0.717) is 16.8 Å². The van der Waals surface area contributed by atoms with Gasteiger partial charge in [0.25, 0.3) is 11.8 Å². The Morgan fingerprint density at radius 3 is 2.00 bits per heavy atom. The van der Waals surface area contributed by atoms with Gasteiger partial charge in [0.15, 0.2) is 5.96 Å². The number of nitrogens with two attached hydrogens (primary N) is 2. The Hall–Kier alpha value is -5.47. The van der Waals surface area contributed by atoms with Crippen LogP contribution >= 0.6 is 0 Å². The maximum Gasteiger partial charge on any atom is 0.323 e. The van der Waals surface area contributed by atoms with Crippen LogP contribution in [0.3, 0.4) is 0 Å². The largest absolute Gasteiger partial charge is 0.480 e. The van der Waals surface area contributed by atoms with Crippen molar-refractivity contribution in [1.29, 1.82) is 10.8 Å². The van der Waals surface area contributed by atoms with Crippen molar-refractivity contribution in [2.75, 3.05) is 38.0 Å². The second kappa shape index (κ2) is 13.5. The van der Waals surface area contributed by atoms with E-state index < -0.39 is 48.7 Å². The van der Waals surface area contributed by atoms with E-state index in [1.165, 1.54) is 41.3 Å². The molecule has 216 valence electrons. The second-order valence-electron chi connectivity index (χ2n) is 9.09. The summed E-state index contributed by atoms with van der Waals surface area (Å²) >= 11 is 0. The van der Waals surface area contributed by atoms with Gasteiger partial charge in [0.2, 0.25) is 11.8 Å². The van der Waals surface area contributed by atoms with Crippen molar-refractivity contribution in [1.82, 2.24) is 20.4 Å². The smallest absolute Gasteiger partial charge is 0.323 e. The quantitative estimate of drug-likeness (QED) is 0.122. The van der Waals surface area contributed by atoms with Gasteiger partial charge in [-0.3, -0.25) is 34.8 Å². The molecule has 10 N–H and O–H groups in total. The molecule has 2 aromatic rings. The molecule has 15 nitrogen and oxygen atoms in total. The SMILES string of the molecule is N=C(N)Nc1ccc(C(=O)NCC[C@H]2C(=O)N(CC(=O)O)CCN2C(=O)CNC(=O)c2ccc(C(=N)N)cc2)cc1. The highest BCUT2D eigenvalue weighted by molar-refractivity contribution is 6.00. The molecule has 1 aliphatic heterocycles. The third-order valence-electron chi connectivity index (χ3n) is 6.22. The summed E-state index contributed by atoms with van der Waals surface area (Å²) in [5.74, 6) is -3.71. The third kappa shape index (κ3) is 8.26. The van der Waals surface area contributed by atoms with Crippen molar-refractivity contribution in [3.05, 3.63) is 65.2 Å². The number of amidine groups is 1. The van der Waals surface area contributed by atoms with E-state index in [0.717, 1.165) is 4.90 Å². The van der Waals surface area contributed by atoms with Crippen LogP contribution in [0.1, 0.15) is 32.7 Å². The van der Waals surface area contributed by atoms with E-state index >= 15 is 0 Å². The monoisotopic (exact) mass is 565 g/mol. The number of hydrogen-bond acceptors (Lipinski definition) is 7. The van der Waals surface area contributed by atoms with Gasteiger partial charge >= 0.3 is 5.97 Å². The van der Waals surface area contributed by atoms with Crippen molar-refractivity contribution >= 4 is 47.1 Å². The van der Waals surface area contributed by atoms with Crippen LogP contribution in [0.2, 0.25) is 0 Å². The summed E-state index contributed by atoms with van der Waals surface area (Å²) in [6.07, 6.45) is 0.0108. The first-order valence-electron chi connectivity index (χ1n) is 12.5. The Bertz CT molecular complexity index is 1340. The summed E-state index contributed by atoms with van der Waals surface area (Å²) in [5, 5.41) is 31.6. The lowest BCUT2D eigenvalue weighted by atomic mass is 10.1.